The number of rotatable bonds is 4. The van der Waals surface area contributed by atoms with Crippen LogP contribution in [-0.2, 0) is 11.8 Å². The molecule has 8 nitrogen and oxygen atoms in total. The Morgan fingerprint density at radius 3 is 2.50 bits per heavy atom. The fraction of sp³-hybridized carbons (Fsp3) is 0.500. The summed E-state index contributed by atoms with van der Waals surface area (Å²) >= 11 is 0. The highest BCUT2D eigenvalue weighted by Crippen LogP contribution is 2.26. The van der Waals surface area contributed by atoms with Crippen LogP contribution in [0, 0.1) is 5.92 Å². The second-order valence-corrected chi connectivity index (χ2v) is 9.24. The topological polar surface area (TPSA) is 79.2 Å². The first-order valence-corrected chi connectivity index (χ1v) is 11.5. The van der Waals surface area contributed by atoms with Crippen molar-refractivity contribution < 1.29 is 4.79 Å². The first-order valence-electron chi connectivity index (χ1n) is 11.5. The van der Waals surface area contributed by atoms with Crippen LogP contribution < -0.4 is 5.32 Å². The molecular formula is C24H31N7O. The van der Waals surface area contributed by atoms with Gasteiger partial charge in [-0.3, -0.25) is 9.48 Å². The number of carbonyl (C=O) groups is 1. The van der Waals surface area contributed by atoms with E-state index >= 15 is 0 Å². The van der Waals surface area contributed by atoms with Crippen LogP contribution in [0.25, 0.3) is 22.0 Å². The number of amides is 1. The maximum atomic E-state index is 12.9. The minimum atomic E-state index is 0.0564. The normalized spacial score (nSPS) is 19.4. The molecule has 2 saturated heterocycles. The van der Waals surface area contributed by atoms with E-state index in [1.165, 1.54) is 25.9 Å². The van der Waals surface area contributed by atoms with Crippen molar-refractivity contribution in [2.75, 3.05) is 38.5 Å². The Morgan fingerprint density at radius 2 is 1.78 bits per heavy atom. The van der Waals surface area contributed by atoms with E-state index in [1.807, 2.05) is 37.6 Å². The Kier molecular flexibility index (Phi) is 5.89. The molecule has 3 aromatic rings. The maximum Gasteiger partial charge on any atom is 0.228 e. The van der Waals surface area contributed by atoms with Crippen molar-refractivity contribution >= 4 is 22.5 Å². The third-order valence-corrected chi connectivity index (χ3v) is 6.98. The number of fused-ring (bicyclic) bond motifs is 1. The third kappa shape index (κ3) is 4.52. The van der Waals surface area contributed by atoms with Gasteiger partial charge in [0, 0.05) is 36.2 Å². The fourth-order valence-corrected chi connectivity index (χ4v) is 4.96. The summed E-state index contributed by atoms with van der Waals surface area (Å²) in [5.74, 6) is 0.752. The van der Waals surface area contributed by atoms with Gasteiger partial charge >= 0.3 is 0 Å². The number of hydrogen-bond donors (Lipinski definition) is 1. The first-order chi connectivity index (χ1) is 15.5. The van der Waals surface area contributed by atoms with Gasteiger partial charge in [-0.25, -0.2) is 4.98 Å². The number of hydrogen-bond acceptors (Lipinski definition) is 6. The zero-order valence-electron chi connectivity index (χ0n) is 18.9. The zero-order chi connectivity index (χ0) is 22.1. The van der Waals surface area contributed by atoms with Crippen molar-refractivity contribution in [3.63, 3.8) is 0 Å². The average Bonchev–Trinajstić information content (AvgIpc) is 3.25. The lowest BCUT2D eigenvalue weighted by Gasteiger charge is -2.40. The van der Waals surface area contributed by atoms with Crippen molar-refractivity contribution in [3.8, 4) is 11.3 Å². The Balaban J connectivity index is 1.22. The van der Waals surface area contributed by atoms with Crippen molar-refractivity contribution in [2.24, 2.45) is 13.0 Å². The number of anilines is 1. The molecule has 1 aromatic carbocycles. The summed E-state index contributed by atoms with van der Waals surface area (Å²) in [5.41, 5.74) is 1.82. The molecule has 0 aliphatic carbocycles. The number of benzene rings is 1. The Labute approximate surface area is 188 Å². The van der Waals surface area contributed by atoms with Gasteiger partial charge in [0.15, 0.2) is 0 Å². The molecule has 0 saturated carbocycles. The van der Waals surface area contributed by atoms with Crippen LogP contribution in [0.3, 0.4) is 0 Å². The van der Waals surface area contributed by atoms with Crippen LogP contribution >= 0.6 is 0 Å². The van der Waals surface area contributed by atoms with Gasteiger partial charge in [-0.1, -0.05) is 17.3 Å². The molecule has 0 bridgehead atoms. The molecule has 8 heteroatoms. The van der Waals surface area contributed by atoms with Crippen molar-refractivity contribution in [3.05, 3.63) is 36.7 Å². The number of likely N-dealkylation sites (tertiary alicyclic amines) is 2. The quantitative estimate of drug-likeness (QED) is 0.682. The minimum absolute atomic E-state index is 0.0564. The van der Waals surface area contributed by atoms with E-state index in [-0.39, 0.29) is 11.8 Å². The van der Waals surface area contributed by atoms with Gasteiger partial charge in [0.2, 0.25) is 5.91 Å². The van der Waals surface area contributed by atoms with Gasteiger partial charge in [0.1, 0.15) is 11.5 Å². The maximum absolute atomic E-state index is 12.9. The highest BCUT2D eigenvalue weighted by molar-refractivity contribution is 5.95. The van der Waals surface area contributed by atoms with E-state index in [1.54, 1.807) is 4.68 Å². The van der Waals surface area contributed by atoms with Crippen molar-refractivity contribution in [2.45, 2.75) is 31.7 Å². The van der Waals surface area contributed by atoms with Gasteiger partial charge in [0.05, 0.1) is 6.20 Å². The van der Waals surface area contributed by atoms with Crippen LogP contribution in [0.1, 0.15) is 25.7 Å². The summed E-state index contributed by atoms with van der Waals surface area (Å²) in [6.07, 6.45) is 8.03. The van der Waals surface area contributed by atoms with Gasteiger partial charge in [-0.05, 0) is 76.4 Å². The van der Waals surface area contributed by atoms with Crippen LogP contribution in [-0.4, -0.2) is 75.0 Å². The molecule has 32 heavy (non-hydrogen) atoms. The van der Waals surface area contributed by atoms with E-state index in [2.05, 4.69) is 43.5 Å². The third-order valence-electron chi connectivity index (χ3n) is 6.98. The minimum Gasteiger partial charge on any atom is -0.310 e. The lowest BCUT2D eigenvalue weighted by Crippen LogP contribution is -2.48. The largest absolute Gasteiger partial charge is 0.310 e. The molecule has 2 aliphatic rings. The Bertz CT molecular complexity index is 1090. The predicted octanol–water partition coefficient (Wildman–Crippen LogP) is 2.78. The number of pyridine rings is 1. The molecule has 0 unspecified atom stereocenters. The van der Waals surface area contributed by atoms with Gasteiger partial charge in [0.25, 0.3) is 0 Å². The molecule has 2 aromatic heterocycles. The molecule has 5 rings (SSSR count). The number of carbonyl (C=O) groups excluding carboxylic acids is 1. The second kappa shape index (κ2) is 8.96. The standard InChI is InChI=1S/C24H31N7O/c1-29-9-7-21(8-10-29)31-11-5-17(6-12-31)24(32)26-23-14-20-13-18(3-4-19(20)15-25-23)22-16-30(2)28-27-22/h3-4,13-17,21H,5-12H2,1-2H3,(H,25,26,32). The SMILES string of the molecule is CN1CCC(N2CCC(C(=O)Nc3cc4cc(-c5cn(C)nn5)ccc4cn3)CC2)CC1. The van der Waals surface area contributed by atoms with Gasteiger partial charge < -0.3 is 15.1 Å². The molecular weight excluding hydrogens is 402 g/mol. The lowest BCUT2D eigenvalue weighted by molar-refractivity contribution is -0.121. The first kappa shape index (κ1) is 21.0. The van der Waals surface area contributed by atoms with Crippen LogP contribution in [0.2, 0.25) is 0 Å². The van der Waals surface area contributed by atoms with Crippen LogP contribution in [0.5, 0.6) is 0 Å². The highest BCUT2D eigenvalue weighted by Gasteiger charge is 2.30. The van der Waals surface area contributed by atoms with E-state index in [9.17, 15) is 4.79 Å². The number of piperidine rings is 2. The Morgan fingerprint density at radius 1 is 1.00 bits per heavy atom. The summed E-state index contributed by atoms with van der Waals surface area (Å²) in [4.78, 5) is 22.4. The summed E-state index contributed by atoms with van der Waals surface area (Å²) in [6.45, 7) is 4.38. The Hall–Kier alpha value is -2.84. The molecule has 2 fully saturated rings. The molecule has 4 heterocycles. The van der Waals surface area contributed by atoms with E-state index < -0.39 is 0 Å². The highest BCUT2D eigenvalue weighted by atomic mass is 16.1. The molecule has 0 radical (unpaired) electrons. The zero-order valence-corrected chi connectivity index (χ0v) is 18.9. The predicted molar refractivity (Wildman–Crippen MR) is 125 cm³/mol. The number of nitrogens with zero attached hydrogens (tertiary/aromatic N) is 6. The van der Waals surface area contributed by atoms with Gasteiger partial charge in [-0.15, -0.1) is 5.10 Å². The lowest BCUT2D eigenvalue weighted by atomic mass is 9.93. The van der Waals surface area contributed by atoms with Crippen LogP contribution in [0.4, 0.5) is 5.82 Å². The summed E-state index contributed by atoms with van der Waals surface area (Å²) in [6, 6.07) is 8.74. The van der Waals surface area contributed by atoms with Crippen LogP contribution in [0.15, 0.2) is 36.7 Å². The van der Waals surface area contributed by atoms with Crippen molar-refractivity contribution in [1.29, 1.82) is 0 Å². The van der Waals surface area contributed by atoms with E-state index in [0.29, 0.717) is 11.9 Å². The molecule has 2 aliphatic heterocycles. The number of aryl methyl sites for hydroxylation is 1. The van der Waals surface area contributed by atoms with Gasteiger partial charge in [-0.2, -0.15) is 0 Å². The van der Waals surface area contributed by atoms with E-state index in [4.69, 9.17) is 0 Å². The molecule has 1 amide bonds. The molecule has 1 N–H and O–H groups in total. The smallest absolute Gasteiger partial charge is 0.228 e. The molecule has 0 spiro atoms. The van der Waals surface area contributed by atoms with Crippen molar-refractivity contribution in [1.82, 2.24) is 29.8 Å². The average molecular weight is 434 g/mol. The number of nitrogens with one attached hydrogen (secondary N) is 1. The monoisotopic (exact) mass is 433 g/mol. The summed E-state index contributed by atoms with van der Waals surface area (Å²) in [5, 5.41) is 13.3. The second-order valence-electron chi connectivity index (χ2n) is 9.24. The molecule has 168 valence electrons. The summed E-state index contributed by atoms with van der Waals surface area (Å²) < 4.78 is 1.69. The molecule has 0 atom stereocenters. The number of aromatic nitrogens is 4. The van der Waals surface area contributed by atoms with E-state index in [0.717, 1.165) is 48.0 Å². The summed E-state index contributed by atoms with van der Waals surface area (Å²) in [7, 11) is 4.05. The fourth-order valence-electron chi connectivity index (χ4n) is 4.96.